The highest BCUT2D eigenvalue weighted by atomic mass is 79.9. The molecule has 2 N–H and O–H groups in total. The Hall–Kier alpha value is -1.03. The van der Waals surface area contributed by atoms with Gasteiger partial charge < -0.3 is 10.5 Å². The molecule has 0 spiro atoms. The lowest BCUT2D eigenvalue weighted by atomic mass is 10.0. The monoisotopic (exact) mass is 353 g/mol. The zero-order valence-corrected chi connectivity index (χ0v) is 13.4. The second kappa shape index (κ2) is 7.67. The van der Waals surface area contributed by atoms with Crippen LogP contribution < -0.4 is 10.5 Å². The van der Waals surface area contributed by atoms with E-state index >= 15 is 0 Å². The first-order valence-electron chi connectivity index (χ1n) is 6.52. The number of hydrogen-bond donors (Lipinski definition) is 1. The number of nitrogens with two attached hydrogens (primary N) is 1. The third-order valence-electron chi connectivity index (χ3n) is 2.98. The van der Waals surface area contributed by atoms with Gasteiger partial charge >= 0.3 is 0 Å². The fourth-order valence-electron chi connectivity index (χ4n) is 1.88. The summed E-state index contributed by atoms with van der Waals surface area (Å²) in [5, 5.41) is 0.751. The molecule has 0 aliphatic rings. The fraction of sp³-hybridized carbons (Fsp3) is 0.250. The lowest BCUT2D eigenvalue weighted by molar-refractivity contribution is 0.297. The van der Waals surface area contributed by atoms with Crippen LogP contribution in [0, 0.1) is 0 Å². The SMILES string of the molecule is NC(CCOc1ccc(Br)cc1)Cc1ccc(Cl)cc1. The maximum atomic E-state index is 6.11. The Labute approximate surface area is 133 Å². The lowest BCUT2D eigenvalue weighted by Gasteiger charge is -2.12. The minimum Gasteiger partial charge on any atom is -0.494 e. The molecular weight excluding hydrogens is 338 g/mol. The molecule has 20 heavy (non-hydrogen) atoms. The molecule has 106 valence electrons. The smallest absolute Gasteiger partial charge is 0.119 e. The highest BCUT2D eigenvalue weighted by Gasteiger charge is 2.05. The van der Waals surface area contributed by atoms with Gasteiger partial charge in [0.05, 0.1) is 6.61 Å². The Morgan fingerprint density at radius 2 is 1.70 bits per heavy atom. The van der Waals surface area contributed by atoms with Crippen LogP contribution >= 0.6 is 27.5 Å². The van der Waals surface area contributed by atoms with Gasteiger partial charge in [-0.1, -0.05) is 39.7 Å². The Balaban J connectivity index is 1.73. The summed E-state index contributed by atoms with van der Waals surface area (Å²) in [5.74, 6) is 0.867. The first-order valence-corrected chi connectivity index (χ1v) is 7.69. The van der Waals surface area contributed by atoms with Gasteiger partial charge in [-0.25, -0.2) is 0 Å². The van der Waals surface area contributed by atoms with Crippen LogP contribution in [-0.4, -0.2) is 12.6 Å². The van der Waals surface area contributed by atoms with Crippen LogP contribution in [0.25, 0.3) is 0 Å². The topological polar surface area (TPSA) is 35.2 Å². The predicted molar refractivity (Wildman–Crippen MR) is 87.4 cm³/mol. The van der Waals surface area contributed by atoms with Gasteiger partial charge in [-0.05, 0) is 54.8 Å². The molecule has 0 radical (unpaired) electrons. The van der Waals surface area contributed by atoms with E-state index in [0.29, 0.717) is 6.61 Å². The standard InChI is InChI=1S/C16H17BrClNO/c17-13-3-7-16(8-4-13)20-10-9-15(19)11-12-1-5-14(18)6-2-12/h1-8,15H,9-11,19H2. The van der Waals surface area contributed by atoms with Crippen molar-refractivity contribution in [2.75, 3.05) is 6.61 Å². The summed E-state index contributed by atoms with van der Waals surface area (Å²) in [6.45, 7) is 0.621. The lowest BCUT2D eigenvalue weighted by Crippen LogP contribution is -2.25. The summed E-state index contributed by atoms with van der Waals surface area (Å²) in [6, 6.07) is 15.7. The zero-order valence-electron chi connectivity index (χ0n) is 11.1. The third kappa shape index (κ3) is 5.16. The Kier molecular flexibility index (Phi) is 5.89. The van der Waals surface area contributed by atoms with E-state index in [2.05, 4.69) is 15.9 Å². The molecule has 1 atom stereocenters. The molecule has 2 aromatic carbocycles. The summed E-state index contributed by atoms with van der Waals surface area (Å²) in [4.78, 5) is 0. The highest BCUT2D eigenvalue weighted by Crippen LogP contribution is 2.16. The second-order valence-corrected chi connectivity index (χ2v) is 6.03. The molecule has 0 aliphatic carbocycles. The van der Waals surface area contributed by atoms with E-state index in [-0.39, 0.29) is 6.04 Å². The quantitative estimate of drug-likeness (QED) is 0.832. The average molecular weight is 355 g/mol. The molecule has 2 nitrogen and oxygen atoms in total. The van der Waals surface area contributed by atoms with E-state index in [9.17, 15) is 0 Å². The van der Waals surface area contributed by atoms with Crippen molar-refractivity contribution in [3.8, 4) is 5.75 Å². The van der Waals surface area contributed by atoms with E-state index in [0.717, 1.165) is 28.1 Å². The summed E-state index contributed by atoms with van der Waals surface area (Å²) in [5.41, 5.74) is 7.31. The van der Waals surface area contributed by atoms with E-state index in [1.807, 2.05) is 48.5 Å². The van der Waals surface area contributed by atoms with Crippen LogP contribution in [0.2, 0.25) is 5.02 Å². The van der Waals surface area contributed by atoms with Gasteiger partial charge in [0.15, 0.2) is 0 Å². The number of rotatable bonds is 6. The first-order chi connectivity index (χ1) is 9.63. The Bertz CT molecular complexity index is 527. The molecule has 0 heterocycles. The van der Waals surface area contributed by atoms with Crippen LogP contribution in [0.15, 0.2) is 53.0 Å². The predicted octanol–water partition coefficient (Wildman–Crippen LogP) is 4.44. The largest absolute Gasteiger partial charge is 0.494 e. The number of benzene rings is 2. The Morgan fingerprint density at radius 1 is 1.05 bits per heavy atom. The maximum absolute atomic E-state index is 6.11. The van der Waals surface area contributed by atoms with Crippen LogP contribution in [0.4, 0.5) is 0 Å². The zero-order chi connectivity index (χ0) is 14.4. The van der Waals surface area contributed by atoms with Gasteiger partial charge in [0, 0.05) is 15.5 Å². The molecule has 4 heteroatoms. The van der Waals surface area contributed by atoms with E-state index in [1.165, 1.54) is 5.56 Å². The van der Waals surface area contributed by atoms with Crippen molar-refractivity contribution in [2.45, 2.75) is 18.9 Å². The molecule has 0 aromatic heterocycles. The van der Waals surface area contributed by atoms with E-state index in [4.69, 9.17) is 22.1 Å². The minimum atomic E-state index is 0.0895. The van der Waals surface area contributed by atoms with Gasteiger partial charge in [0.2, 0.25) is 0 Å². The normalized spacial score (nSPS) is 12.2. The van der Waals surface area contributed by atoms with Crippen molar-refractivity contribution in [3.63, 3.8) is 0 Å². The molecule has 0 saturated carbocycles. The fourth-order valence-corrected chi connectivity index (χ4v) is 2.27. The summed E-state index contributed by atoms with van der Waals surface area (Å²) in [6.07, 6.45) is 1.65. The molecular formula is C16H17BrClNO. The number of halogens is 2. The molecule has 0 fully saturated rings. The van der Waals surface area contributed by atoms with Gasteiger partial charge in [-0.2, -0.15) is 0 Å². The van der Waals surface area contributed by atoms with Gasteiger partial charge in [0.1, 0.15) is 5.75 Å². The van der Waals surface area contributed by atoms with Crippen molar-refractivity contribution in [2.24, 2.45) is 5.73 Å². The minimum absolute atomic E-state index is 0.0895. The molecule has 0 aliphatic heterocycles. The molecule has 1 unspecified atom stereocenters. The van der Waals surface area contributed by atoms with Crippen LogP contribution in [0.3, 0.4) is 0 Å². The van der Waals surface area contributed by atoms with Crippen LogP contribution in [-0.2, 0) is 6.42 Å². The highest BCUT2D eigenvalue weighted by molar-refractivity contribution is 9.10. The summed E-state index contributed by atoms with van der Waals surface area (Å²) < 4.78 is 6.71. The maximum Gasteiger partial charge on any atom is 0.119 e. The van der Waals surface area contributed by atoms with Crippen molar-refractivity contribution < 1.29 is 4.74 Å². The first kappa shape index (κ1) is 15.4. The van der Waals surface area contributed by atoms with E-state index in [1.54, 1.807) is 0 Å². The van der Waals surface area contributed by atoms with Crippen molar-refractivity contribution in [3.05, 3.63) is 63.6 Å². The number of hydrogen-bond acceptors (Lipinski definition) is 2. The molecule has 0 amide bonds. The third-order valence-corrected chi connectivity index (χ3v) is 3.76. The van der Waals surface area contributed by atoms with Gasteiger partial charge in [-0.15, -0.1) is 0 Å². The van der Waals surface area contributed by atoms with Crippen LogP contribution in [0.5, 0.6) is 5.75 Å². The molecule has 2 rings (SSSR count). The summed E-state index contributed by atoms with van der Waals surface area (Å²) in [7, 11) is 0. The number of ether oxygens (including phenoxy) is 1. The van der Waals surface area contributed by atoms with E-state index < -0.39 is 0 Å². The van der Waals surface area contributed by atoms with Gasteiger partial charge in [0.25, 0.3) is 0 Å². The molecule has 0 bridgehead atoms. The van der Waals surface area contributed by atoms with Crippen LogP contribution in [0.1, 0.15) is 12.0 Å². The van der Waals surface area contributed by atoms with Crippen molar-refractivity contribution in [1.29, 1.82) is 0 Å². The second-order valence-electron chi connectivity index (χ2n) is 4.68. The van der Waals surface area contributed by atoms with Crippen molar-refractivity contribution in [1.82, 2.24) is 0 Å². The van der Waals surface area contributed by atoms with Crippen molar-refractivity contribution >= 4 is 27.5 Å². The summed E-state index contributed by atoms with van der Waals surface area (Å²) >= 11 is 9.25. The average Bonchev–Trinajstić information content (AvgIpc) is 2.44. The molecule has 2 aromatic rings. The Morgan fingerprint density at radius 3 is 2.35 bits per heavy atom. The molecule has 0 saturated heterocycles. The van der Waals surface area contributed by atoms with Gasteiger partial charge in [-0.3, -0.25) is 0 Å².